The van der Waals surface area contributed by atoms with Crippen LogP contribution in [0.15, 0.2) is 0 Å². The van der Waals surface area contributed by atoms with Gasteiger partial charge < -0.3 is 4.74 Å². The molecular weight excluding hydrogens is 124 g/mol. The number of rotatable bonds is 1. The van der Waals surface area contributed by atoms with Crippen LogP contribution in [0.5, 0.6) is 0 Å². The van der Waals surface area contributed by atoms with Crippen molar-refractivity contribution >= 4 is 11.6 Å². The standard InChI is InChI=1S/C6H11ClO/c7-4-6-2-1-3-8-5-6/h6H,1-5H2/t6-/m0/s1. The lowest BCUT2D eigenvalue weighted by molar-refractivity contribution is 0.0628. The van der Waals surface area contributed by atoms with E-state index in [9.17, 15) is 0 Å². The molecule has 0 aliphatic carbocycles. The van der Waals surface area contributed by atoms with Crippen LogP contribution in [-0.4, -0.2) is 19.1 Å². The van der Waals surface area contributed by atoms with Crippen LogP contribution in [0, 0.1) is 5.92 Å². The van der Waals surface area contributed by atoms with E-state index in [1.165, 1.54) is 12.8 Å². The van der Waals surface area contributed by atoms with Crippen LogP contribution in [0.1, 0.15) is 12.8 Å². The van der Waals surface area contributed by atoms with Crippen molar-refractivity contribution in [3.8, 4) is 0 Å². The summed E-state index contributed by atoms with van der Waals surface area (Å²) in [7, 11) is 0. The summed E-state index contributed by atoms with van der Waals surface area (Å²) in [5.74, 6) is 1.39. The molecule has 8 heavy (non-hydrogen) atoms. The second-order valence-corrected chi connectivity index (χ2v) is 2.55. The van der Waals surface area contributed by atoms with Gasteiger partial charge in [-0.2, -0.15) is 0 Å². The molecule has 1 fully saturated rings. The summed E-state index contributed by atoms with van der Waals surface area (Å²) in [6.45, 7) is 1.82. The normalized spacial score (nSPS) is 30.4. The fraction of sp³-hybridized carbons (Fsp3) is 1.00. The quantitative estimate of drug-likeness (QED) is 0.496. The van der Waals surface area contributed by atoms with E-state index in [2.05, 4.69) is 0 Å². The Morgan fingerprint density at radius 2 is 2.50 bits per heavy atom. The van der Waals surface area contributed by atoms with Crippen LogP contribution in [0.2, 0.25) is 0 Å². The van der Waals surface area contributed by atoms with E-state index in [0.717, 1.165) is 19.1 Å². The van der Waals surface area contributed by atoms with Gasteiger partial charge in [0.15, 0.2) is 0 Å². The van der Waals surface area contributed by atoms with E-state index in [1.807, 2.05) is 0 Å². The molecule has 0 amide bonds. The first-order chi connectivity index (χ1) is 3.93. The molecule has 1 saturated heterocycles. The molecule has 48 valence electrons. The maximum atomic E-state index is 5.60. The Morgan fingerprint density at radius 3 is 2.88 bits per heavy atom. The molecule has 0 bridgehead atoms. The van der Waals surface area contributed by atoms with Gasteiger partial charge in [-0.3, -0.25) is 0 Å². The monoisotopic (exact) mass is 134 g/mol. The highest BCUT2D eigenvalue weighted by Gasteiger charge is 2.11. The molecule has 1 atom stereocenters. The van der Waals surface area contributed by atoms with Crippen molar-refractivity contribution in [1.82, 2.24) is 0 Å². The van der Waals surface area contributed by atoms with Crippen molar-refractivity contribution in [2.75, 3.05) is 19.1 Å². The van der Waals surface area contributed by atoms with Crippen molar-refractivity contribution in [2.24, 2.45) is 5.92 Å². The van der Waals surface area contributed by atoms with Crippen LogP contribution in [0.4, 0.5) is 0 Å². The second-order valence-electron chi connectivity index (χ2n) is 2.24. The predicted molar refractivity (Wildman–Crippen MR) is 34.3 cm³/mol. The van der Waals surface area contributed by atoms with E-state index in [4.69, 9.17) is 16.3 Å². The summed E-state index contributed by atoms with van der Waals surface area (Å²) in [5, 5.41) is 0. The van der Waals surface area contributed by atoms with E-state index >= 15 is 0 Å². The molecule has 1 aliphatic rings. The molecule has 2 heteroatoms. The molecule has 0 saturated carbocycles. The van der Waals surface area contributed by atoms with Crippen molar-refractivity contribution in [1.29, 1.82) is 0 Å². The van der Waals surface area contributed by atoms with E-state index in [0.29, 0.717) is 5.92 Å². The lowest BCUT2D eigenvalue weighted by Crippen LogP contribution is -2.17. The van der Waals surface area contributed by atoms with Gasteiger partial charge in [0, 0.05) is 12.5 Å². The van der Waals surface area contributed by atoms with Gasteiger partial charge in [-0.1, -0.05) is 0 Å². The second kappa shape index (κ2) is 3.31. The Hall–Kier alpha value is 0.250. The summed E-state index contributed by atoms with van der Waals surface area (Å²) >= 11 is 5.60. The van der Waals surface area contributed by atoms with Crippen LogP contribution >= 0.6 is 11.6 Å². The average molecular weight is 135 g/mol. The van der Waals surface area contributed by atoms with Crippen molar-refractivity contribution in [2.45, 2.75) is 12.8 Å². The third-order valence-corrected chi connectivity index (χ3v) is 1.91. The molecule has 1 heterocycles. The zero-order valence-corrected chi connectivity index (χ0v) is 5.66. The first kappa shape index (κ1) is 6.37. The molecule has 1 rings (SSSR count). The fourth-order valence-electron chi connectivity index (χ4n) is 0.929. The summed E-state index contributed by atoms with van der Waals surface area (Å²) in [6, 6.07) is 0. The highest BCUT2D eigenvalue weighted by atomic mass is 35.5. The van der Waals surface area contributed by atoms with Crippen molar-refractivity contribution < 1.29 is 4.74 Å². The maximum Gasteiger partial charge on any atom is 0.0505 e. The maximum absolute atomic E-state index is 5.60. The number of hydrogen-bond acceptors (Lipinski definition) is 1. The molecule has 0 N–H and O–H groups in total. The van der Waals surface area contributed by atoms with Gasteiger partial charge in [0.05, 0.1) is 6.61 Å². The molecule has 1 nitrogen and oxygen atoms in total. The molecule has 0 aromatic carbocycles. The van der Waals surface area contributed by atoms with Gasteiger partial charge in [-0.25, -0.2) is 0 Å². The molecular formula is C6H11ClO. The Balaban J connectivity index is 2.13. The van der Waals surface area contributed by atoms with Crippen molar-refractivity contribution in [3.63, 3.8) is 0 Å². The van der Waals surface area contributed by atoms with Crippen LogP contribution in [0.25, 0.3) is 0 Å². The van der Waals surface area contributed by atoms with Gasteiger partial charge in [-0.15, -0.1) is 11.6 Å². The Morgan fingerprint density at radius 1 is 1.62 bits per heavy atom. The Bertz CT molecular complexity index is 59.5. The average Bonchev–Trinajstić information content (AvgIpc) is 1.90. The van der Waals surface area contributed by atoms with Crippen molar-refractivity contribution in [3.05, 3.63) is 0 Å². The molecule has 0 unspecified atom stereocenters. The number of alkyl halides is 1. The van der Waals surface area contributed by atoms with Crippen LogP contribution in [0.3, 0.4) is 0 Å². The fourth-order valence-corrected chi connectivity index (χ4v) is 1.17. The summed E-state index contributed by atoms with van der Waals surface area (Å²) in [5.41, 5.74) is 0. The van der Waals surface area contributed by atoms with Gasteiger partial charge >= 0.3 is 0 Å². The van der Waals surface area contributed by atoms with Gasteiger partial charge in [0.2, 0.25) is 0 Å². The van der Waals surface area contributed by atoms with Gasteiger partial charge in [0.1, 0.15) is 0 Å². The third-order valence-electron chi connectivity index (χ3n) is 1.47. The lowest BCUT2D eigenvalue weighted by atomic mass is 10.1. The topological polar surface area (TPSA) is 9.23 Å². The minimum Gasteiger partial charge on any atom is -0.381 e. The minimum absolute atomic E-state index is 0.630. The van der Waals surface area contributed by atoms with E-state index < -0.39 is 0 Å². The summed E-state index contributed by atoms with van der Waals surface area (Å²) in [4.78, 5) is 0. The minimum atomic E-state index is 0.630. The van der Waals surface area contributed by atoms with E-state index in [-0.39, 0.29) is 0 Å². The molecule has 0 radical (unpaired) electrons. The largest absolute Gasteiger partial charge is 0.381 e. The number of halogens is 1. The lowest BCUT2D eigenvalue weighted by Gasteiger charge is -2.18. The van der Waals surface area contributed by atoms with E-state index in [1.54, 1.807) is 0 Å². The Labute approximate surface area is 55.0 Å². The molecule has 0 aromatic rings. The predicted octanol–water partition coefficient (Wildman–Crippen LogP) is 1.65. The zero-order valence-electron chi connectivity index (χ0n) is 4.90. The summed E-state index contributed by atoms with van der Waals surface area (Å²) < 4.78 is 5.19. The SMILES string of the molecule is ClC[C@@H]1CCCOC1. The summed E-state index contributed by atoms with van der Waals surface area (Å²) in [6.07, 6.45) is 2.45. The molecule has 0 aromatic heterocycles. The van der Waals surface area contributed by atoms with Gasteiger partial charge in [0.25, 0.3) is 0 Å². The molecule has 1 aliphatic heterocycles. The van der Waals surface area contributed by atoms with Crippen LogP contribution in [-0.2, 0) is 4.74 Å². The first-order valence-electron chi connectivity index (χ1n) is 3.07. The van der Waals surface area contributed by atoms with Crippen LogP contribution < -0.4 is 0 Å². The van der Waals surface area contributed by atoms with Gasteiger partial charge in [-0.05, 0) is 18.8 Å². The number of ether oxygens (including phenoxy) is 1. The smallest absolute Gasteiger partial charge is 0.0505 e. The molecule has 0 spiro atoms. The Kier molecular flexibility index (Phi) is 2.64. The first-order valence-corrected chi connectivity index (χ1v) is 3.60. The highest BCUT2D eigenvalue weighted by Crippen LogP contribution is 2.13. The third kappa shape index (κ3) is 1.64. The zero-order chi connectivity index (χ0) is 5.82. The highest BCUT2D eigenvalue weighted by molar-refractivity contribution is 6.18. The number of hydrogen-bond donors (Lipinski definition) is 0.